The molecule has 0 amide bonds. The van der Waals surface area contributed by atoms with Gasteiger partial charge in [0.05, 0.1) is 14.2 Å². The molecular formula is C95H136F7NO4. The van der Waals surface area contributed by atoms with E-state index < -0.39 is 12.7 Å². The number of aryl methyl sites for hydroxylation is 8. The van der Waals surface area contributed by atoms with E-state index in [-0.39, 0.29) is 60.6 Å². The normalized spacial score (nSPS) is 12.0. The van der Waals surface area contributed by atoms with Crippen LogP contribution in [-0.2, 0) is 43.3 Å². The lowest BCUT2D eigenvalue weighted by atomic mass is 9.84. The third kappa shape index (κ3) is 36.4. The number of benzene rings is 8. The lowest BCUT2D eigenvalue weighted by molar-refractivity contribution is -0.275. The monoisotopic (exact) mass is 1490 g/mol. The molecule has 0 saturated heterocycles. The molecule has 0 aromatic heterocycles. The van der Waals surface area contributed by atoms with Gasteiger partial charge in [-0.1, -0.05) is 300 Å². The Morgan fingerprint density at radius 1 is 0.280 bits per heavy atom. The molecule has 0 fully saturated rings. The van der Waals surface area contributed by atoms with Crippen LogP contribution in [0.15, 0.2) is 152 Å². The first-order valence-electron chi connectivity index (χ1n) is 37.1. The Kier molecular flexibility index (Phi) is 36.0. The van der Waals surface area contributed by atoms with Crippen molar-refractivity contribution < 1.29 is 49.7 Å². The standard InChI is InChI=1S/C14H22.C12H15F3O.C12H18O.2C12H18.C11H13F3O.C11H15FO.C11H17N/c1-10(2)13-8-7-12(9-11(13)3)14(4,5)6;1-8-7-9(11(2,3)4)5-6-10(8)16-12(13,14)15;1-9-8-10(12(2,3)4)6-7-11(9)13-5;1-9-6-10(2)8-11(7-9)12(3,4)5;1-9-6-7-11(8-10(9)2)12(3,4)5;1-10(2,3)8-4-6-9(7-5-8)15-11(12,13)14;1-11(2,3)8-5-6-10(13-4)9(12)7-8;1-8-7-9(11(2,3)4)5-6-10(8)12/h7-10H,1-6H3;5-7H,1-4H3;6-8H,1-5H3;2*6-8H,1-5H3;4-7H,1-3H3;5-7H,1-4H3;5-7H,12H2,1-4H3. The minimum Gasteiger partial charge on any atom is -0.496 e. The molecule has 0 saturated carbocycles. The molecule has 0 aliphatic rings. The summed E-state index contributed by atoms with van der Waals surface area (Å²) in [6, 6.07) is 48.7. The SMILES string of the molecule is CC(C)(C)c1ccc(OC(F)(F)F)cc1.COc1ccc(C(C)(C)C)cc1C.COc1ccc(C(C)(C)C)cc1F.Cc1cc(C(C)(C)C)ccc1C(C)C.Cc1cc(C(C)(C)C)ccc1N.Cc1cc(C(C)(C)C)ccc1OC(F)(F)F.Cc1cc(C)cc(C(C)(C)C)c1.Cc1ccc(C(C)(C)C)cc1C. The number of nitrogen functional groups attached to an aromatic ring is 1. The van der Waals surface area contributed by atoms with E-state index in [1.165, 1.54) is 104 Å². The van der Waals surface area contributed by atoms with Gasteiger partial charge < -0.3 is 24.7 Å². The maximum absolute atomic E-state index is 13.3. The summed E-state index contributed by atoms with van der Waals surface area (Å²) in [5.41, 5.74) is 28.8. The van der Waals surface area contributed by atoms with Gasteiger partial charge in [0.1, 0.15) is 17.2 Å². The largest absolute Gasteiger partial charge is 0.573 e. The highest BCUT2D eigenvalue weighted by atomic mass is 19.4. The van der Waals surface area contributed by atoms with Gasteiger partial charge in [-0.3, -0.25) is 0 Å². The Hall–Kier alpha value is -7.73. The van der Waals surface area contributed by atoms with Crippen LogP contribution >= 0.6 is 0 Å². The fourth-order valence-electron chi connectivity index (χ4n) is 10.5. The lowest BCUT2D eigenvalue weighted by Crippen LogP contribution is -2.18. The second-order valence-corrected chi connectivity index (χ2v) is 36.6. The zero-order valence-electron chi connectivity index (χ0n) is 72.4. The van der Waals surface area contributed by atoms with Gasteiger partial charge in [0, 0.05) is 5.69 Å². The first kappa shape index (κ1) is 97.3. The lowest BCUT2D eigenvalue weighted by Gasteiger charge is -2.21. The van der Waals surface area contributed by atoms with Crippen LogP contribution in [0.1, 0.15) is 281 Å². The van der Waals surface area contributed by atoms with Gasteiger partial charge in [-0.25, -0.2) is 4.39 Å². The van der Waals surface area contributed by atoms with Crippen molar-refractivity contribution in [1.29, 1.82) is 0 Å². The van der Waals surface area contributed by atoms with E-state index in [0.717, 1.165) is 28.1 Å². The molecule has 0 unspecified atom stereocenters. The number of ether oxygens (including phenoxy) is 4. The minimum absolute atomic E-state index is 0.0207. The smallest absolute Gasteiger partial charge is 0.496 e. The highest BCUT2D eigenvalue weighted by molar-refractivity contribution is 5.49. The van der Waals surface area contributed by atoms with E-state index in [4.69, 9.17) is 15.2 Å². The van der Waals surface area contributed by atoms with Crippen LogP contribution in [0.5, 0.6) is 23.0 Å². The molecule has 0 heterocycles. The molecule has 0 aliphatic carbocycles. The van der Waals surface area contributed by atoms with Gasteiger partial charge in [-0.2, -0.15) is 0 Å². The van der Waals surface area contributed by atoms with Crippen molar-refractivity contribution in [2.75, 3.05) is 20.0 Å². The van der Waals surface area contributed by atoms with Crippen LogP contribution in [0, 0.1) is 61.2 Å². The molecule has 0 spiro atoms. The molecular weight excluding hydrogens is 1350 g/mol. The van der Waals surface area contributed by atoms with E-state index in [1.807, 2.05) is 87.4 Å². The quantitative estimate of drug-likeness (QED) is 0.137. The van der Waals surface area contributed by atoms with Crippen LogP contribution in [-0.4, -0.2) is 26.9 Å². The number of alkyl halides is 6. The molecule has 8 aromatic rings. The Morgan fingerprint density at radius 2 is 0.579 bits per heavy atom. The molecule has 0 bridgehead atoms. The third-order valence-electron chi connectivity index (χ3n) is 17.9. The molecule has 0 radical (unpaired) electrons. The number of methoxy groups -OCH3 is 2. The minimum atomic E-state index is -4.63. The molecule has 2 N–H and O–H groups in total. The first-order chi connectivity index (χ1) is 48.2. The Balaban J connectivity index is 0.000000613. The fraction of sp³-hybridized carbons (Fsp3) is 0.495. The second kappa shape index (κ2) is 39.6. The van der Waals surface area contributed by atoms with Gasteiger partial charge >= 0.3 is 12.7 Å². The molecule has 594 valence electrons. The number of nitrogens with two attached hydrogens (primary N) is 1. The Morgan fingerprint density at radius 3 is 0.888 bits per heavy atom. The molecule has 0 atom stereocenters. The molecule has 8 rings (SSSR count). The van der Waals surface area contributed by atoms with E-state index in [2.05, 4.69) is 248 Å². The van der Waals surface area contributed by atoms with E-state index in [9.17, 15) is 30.7 Å². The highest BCUT2D eigenvalue weighted by Gasteiger charge is 2.33. The molecule has 107 heavy (non-hydrogen) atoms. The van der Waals surface area contributed by atoms with Crippen LogP contribution < -0.4 is 24.7 Å². The van der Waals surface area contributed by atoms with Crippen LogP contribution in [0.25, 0.3) is 0 Å². The van der Waals surface area contributed by atoms with Gasteiger partial charge in [0.2, 0.25) is 0 Å². The van der Waals surface area contributed by atoms with Crippen molar-refractivity contribution in [3.63, 3.8) is 0 Å². The van der Waals surface area contributed by atoms with Crippen molar-refractivity contribution in [1.82, 2.24) is 0 Å². The fourth-order valence-corrected chi connectivity index (χ4v) is 10.5. The van der Waals surface area contributed by atoms with Crippen molar-refractivity contribution >= 4 is 5.69 Å². The summed E-state index contributed by atoms with van der Waals surface area (Å²) in [7, 11) is 3.17. The molecule has 12 heteroatoms. The molecule has 0 aliphatic heterocycles. The number of hydrogen-bond acceptors (Lipinski definition) is 5. The molecule has 8 aromatic carbocycles. The first-order valence-corrected chi connectivity index (χ1v) is 37.1. The van der Waals surface area contributed by atoms with Crippen molar-refractivity contribution in [2.24, 2.45) is 0 Å². The van der Waals surface area contributed by atoms with Crippen molar-refractivity contribution in [3.8, 4) is 23.0 Å². The Bertz CT molecular complexity index is 3880. The zero-order valence-corrected chi connectivity index (χ0v) is 72.4. The van der Waals surface area contributed by atoms with Gasteiger partial charge in [0.15, 0.2) is 11.6 Å². The predicted molar refractivity (Wildman–Crippen MR) is 444 cm³/mol. The third-order valence-corrected chi connectivity index (χ3v) is 17.9. The van der Waals surface area contributed by atoms with Crippen LogP contribution in [0.2, 0.25) is 0 Å². The topological polar surface area (TPSA) is 62.9 Å². The average molecular weight is 1490 g/mol. The number of rotatable bonds is 5. The number of anilines is 1. The predicted octanol–water partition coefficient (Wildman–Crippen LogP) is 29.0. The summed E-state index contributed by atoms with van der Waals surface area (Å²) in [4.78, 5) is 0. The number of halogens is 7. The summed E-state index contributed by atoms with van der Waals surface area (Å²) in [5, 5.41) is 0. The average Bonchev–Trinajstić information content (AvgIpc) is 0.831. The van der Waals surface area contributed by atoms with Gasteiger partial charge in [-0.05, 0) is 231 Å². The van der Waals surface area contributed by atoms with Gasteiger partial charge in [-0.15, -0.1) is 26.3 Å². The van der Waals surface area contributed by atoms with Gasteiger partial charge in [0.25, 0.3) is 0 Å². The van der Waals surface area contributed by atoms with Crippen LogP contribution in [0.4, 0.5) is 36.4 Å². The molecule has 5 nitrogen and oxygen atoms in total. The van der Waals surface area contributed by atoms with Crippen molar-refractivity contribution in [2.45, 2.75) is 297 Å². The zero-order chi connectivity index (χ0) is 83.4. The highest BCUT2D eigenvalue weighted by Crippen LogP contribution is 2.35. The summed E-state index contributed by atoms with van der Waals surface area (Å²) in [6.07, 6.45) is -9.25. The summed E-state index contributed by atoms with van der Waals surface area (Å²) < 4.78 is 103. The van der Waals surface area contributed by atoms with Crippen LogP contribution in [0.3, 0.4) is 0 Å². The summed E-state index contributed by atoms with van der Waals surface area (Å²) >= 11 is 0. The van der Waals surface area contributed by atoms with E-state index in [1.54, 1.807) is 44.4 Å². The summed E-state index contributed by atoms with van der Waals surface area (Å²) in [5.74, 6) is 1.27. The summed E-state index contributed by atoms with van der Waals surface area (Å²) in [6.45, 7) is 72.8. The number of hydrogen-bond donors (Lipinski definition) is 1. The van der Waals surface area contributed by atoms with E-state index >= 15 is 0 Å². The maximum atomic E-state index is 13.3. The van der Waals surface area contributed by atoms with E-state index in [0.29, 0.717) is 17.2 Å². The Labute approximate surface area is 644 Å². The van der Waals surface area contributed by atoms with Crippen molar-refractivity contribution in [3.05, 3.63) is 252 Å². The second-order valence-electron chi connectivity index (χ2n) is 36.6. The maximum Gasteiger partial charge on any atom is 0.573 e.